The summed E-state index contributed by atoms with van der Waals surface area (Å²) in [5, 5.41) is 6.73. The summed E-state index contributed by atoms with van der Waals surface area (Å²) in [5.74, 6) is 2.50. The summed E-state index contributed by atoms with van der Waals surface area (Å²) in [7, 11) is 1.61. The largest absolute Gasteiger partial charge is 0.497 e. The molecule has 0 saturated heterocycles. The number of hydrogen-bond acceptors (Lipinski definition) is 6. The van der Waals surface area contributed by atoms with E-state index < -0.39 is 0 Å². The molecule has 1 heterocycles. The van der Waals surface area contributed by atoms with Gasteiger partial charge < -0.3 is 24.1 Å². The van der Waals surface area contributed by atoms with Crippen molar-refractivity contribution >= 4 is 5.91 Å². The number of benzene rings is 2. The number of rotatable bonds is 9. The molecule has 3 aromatic rings. The fourth-order valence-corrected chi connectivity index (χ4v) is 2.47. The van der Waals surface area contributed by atoms with E-state index >= 15 is 0 Å². The molecule has 146 valence electrons. The van der Waals surface area contributed by atoms with E-state index in [2.05, 4.69) is 10.5 Å². The number of aromatic nitrogens is 1. The van der Waals surface area contributed by atoms with Gasteiger partial charge in [-0.25, -0.2) is 0 Å². The Kier molecular flexibility index (Phi) is 6.51. The zero-order chi connectivity index (χ0) is 19.8. The molecule has 7 heteroatoms. The highest BCUT2D eigenvalue weighted by Crippen LogP contribution is 2.23. The van der Waals surface area contributed by atoms with Crippen LogP contribution in [0.4, 0.5) is 0 Å². The van der Waals surface area contributed by atoms with Gasteiger partial charge in [0.2, 0.25) is 0 Å². The topological polar surface area (TPSA) is 82.8 Å². The molecule has 3 rings (SSSR count). The molecule has 28 heavy (non-hydrogen) atoms. The quantitative estimate of drug-likeness (QED) is 0.610. The van der Waals surface area contributed by atoms with Crippen molar-refractivity contribution in [3.05, 3.63) is 60.3 Å². The Balaban J connectivity index is 1.46. The first-order valence-corrected chi connectivity index (χ1v) is 8.90. The molecule has 2 aromatic carbocycles. The zero-order valence-electron chi connectivity index (χ0n) is 15.8. The molecule has 0 aliphatic rings. The summed E-state index contributed by atoms with van der Waals surface area (Å²) >= 11 is 0. The minimum atomic E-state index is -0.247. The van der Waals surface area contributed by atoms with E-state index in [1.165, 1.54) is 0 Å². The molecule has 1 amide bonds. The lowest BCUT2D eigenvalue weighted by atomic mass is 10.1. The SMILES string of the molecule is CCOc1ccc(OCC(=O)NCc2cc(-c3ccc(OC)cc3)on2)cc1. The molecule has 0 aliphatic carbocycles. The molecule has 7 nitrogen and oxygen atoms in total. The first-order valence-electron chi connectivity index (χ1n) is 8.90. The smallest absolute Gasteiger partial charge is 0.258 e. The second-order valence-corrected chi connectivity index (χ2v) is 5.88. The summed E-state index contributed by atoms with van der Waals surface area (Å²) in [4.78, 5) is 12.0. The maximum Gasteiger partial charge on any atom is 0.258 e. The maximum absolute atomic E-state index is 12.0. The summed E-state index contributed by atoms with van der Waals surface area (Å²) in [5.41, 5.74) is 1.50. The highest BCUT2D eigenvalue weighted by molar-refractivity contribution is 5.77. The van der Waals surface area contributed by atoms with Crippen LogP contribution in [0.2, 0.25) is 0 Å². The molecule has 0 fully saturated rings. The molecular weight excluding hydrogens is 360 g/mol. The maximum atomic E-state index is 12.0. The van der Waals surface area contributed by atoms with Crippen LogP contribution in [0.25, 0.3) is 11.3 Å². The average Bonchev–Trinajstić information content (AvgIpc) is 3.21. The molecule has 0 saturated carbocycles. The standard InChI is InChI=1S/C21H22N2O5/c1-3-26-18-8-10-19(11-9-18)27-14-21(24)22-13-16-12-20(28-23-16)15-4-6-17(25-2)7-5-15/h4-12H,3,13-14H2,1-2H3,(H,22,24). The van der Waals surface area contributed by atoms with Crippen molar-refractivity contribution in [2.75, 3.05) is 20.3 Å². The van der Waals surface area contributed by atoms with Crippen LogP contribution in [0.3, 0.4) is 0 Å². The molecule has 0 radical (unpaired) electrons. The van der Waals surface area contributed by atoms with Crippen LogP contribution < -0.4 is 19.5 Å². The Hall–Kier alpha value is -3.48. The molecule has 1 aromatic heterocycles. The van der Waals surface area contributed by atoms with E-state index in [4.69, 9.17) is 18.7 Å². The van der Waals surface area contributed by atoms with Gasteiger partial charge in [-0.2, -0.15) is 0 Å². The normalized spacial score (nSPS) is 10.4. The number of carbonyl (C=O) groups excluding carboxylic acids is 1. The molecular formula is C21H22N2O5. The third-order valence-corrected chi connectivity index (χ3v) is 3.90. The Morgan fingerprint density at radius 1 is 1.00 bits per heavy atom. The van der Waals surface area contributed by atoms with Gasteiger partial charge in [0.1, 0.15) is 22.9 Å². The molecule has 0 atom stereocenters. The Morgan fingerprint density at radius 2 is 1.64 bits per heavy atom. The summed E-state index contributed by atoms with van der Waals surface area (Å²) < 4.78 is 21.3. The highest BCUT2D eigenvalue weighted by Gasteiger charge is 2.09. The fraction of sp³-hybridized carbons (Fsp3) is 0.238. The van der Waals surface area contributed by atoms with Gasteiger partial charge in [0.05, 0.1) is 20.3 Å². The summed E-state index contributed by atoms with van der Waals surface area (Å²) in [6, 6.07) is 16.4. The van der Waals surface area contributed by atoms with Crippen LogP contribution >= 0.6 is 0 Å². The van der Waals surface area contributed by atoms with Gasteiger partial charge in [-0.1, -0.05) is 5.16 Å². The van der Waals surface area contributed by atoms with Crippen molar-refractivity contribution in [1.29, 1.82) is 0 Å². The van der Waals surface area contributed by atoms with Gasteiger partial charge in [-0.15, -0.1) is 0 Å². The van der Waals surface area contributed by atoms with Crippen molar-refractivity contribution in [1.82, 2.24) is 10.5 Å². The molecule has 0 bridgehead atoms. The fourth-order valence-electron chi connectivity index (χ4n) is 2.47. The third kappa shape index (κ3) is 5.26. The molecule has 0 aliphatic heterocycles. The predicted octanol–water partition coefficient (Wildman–Crippen LogP) is 3.44. The molecule has 0 unspecified atom stereocenters. The van der Waals surface area contributed by atoms with Gasteiger partial charge in [0.15, 0.2) is 12.4 Å². The molecule has 0 spiro atoms. The lowest BCUT2D eigenvalue weighted by molar-refractivity contribution is -0.123. The Morgan fingerprint density at radius 3 is 2.29 bits per heavy atom. The van der Waals surface area contributed by atoms with E-state index in [1.807, 2.05) is 31.2 Å². The number of carbonyl (C=O) groups is 1. The number of nitrogens with one attached hydrogen (secondary N) is 1. The molecule has 1 N–H and O–H groups in total. The van der Waals surface area contributed by atoms with Crippen LogP contribution in [0, 0.1) is 0 Å². The van der Waals surface area contributed by atoms with Gasteiger partial charge in [-0.05, 0) is 55.5 Å². The van der Waals surface area contributed by atoms with Crippen LogP contribution in [0.5, 0.6) is 17.2 Å². The van der Waals surface area contributed by atoms with Crippen LogP contribution in [0.1, 0.15) is 12.6 Å². The summed E-state index contributed by atoms with van der Waals surface area (Å²) in [6.45, 7) is 2.69. The second-order valence-electron chi connectivity index (χ2n) is 5.88. The third-order valence-electron chi connectivity index (χ3n) is 3.90. The monoisotopic (exact) mass is 382 g/mol. The van der Waals surface area contributed by atoms with E-state index in [0.29, 0.717) is 23.8 Å². The van der Waals surface area contributed by atoms with Gasteiger partial charge in [0.25, 0.3) is 5.91 Å². The van der Waals surface area contributed by atoms with Gasteiger partial charge in [0, 0.05) is 11.6 Å². The van der Waals surface area contributed by atoms with Crippen molar-refractivity contribution in [3.8, 4) is 28.6 Å². The van der Waals surface area contributed by atoms with E-state index in [1.54, 1.807) is 37.4 Å². The van der Waals surface area contributed by atoms with E-state index in [-0.39, 0.29) is 19.1 Å². The zero-order valence-corrected chi connectivity index (χ0v) is 15.8. The van der Waals surface area contributed by atoms with Crippen molar-refractivity contribution in [2.45, 2.75) is 13.5 Å². The first kappa shape index (κ1) is 19.3. The van der Waals surface area contributed by atoms with E-state index in [0.717, 1.165) is 17.1 Å². The minimum Gasteiger partial charge on any atom is -0.497 e. The van der Waals surface area contributed by atoms with Crippen molar-refractivity contribution in [3.63, 3.8) is 0 Å². The van der Waals surface area contributed by atoms with Crippen LogP contribution in [0.15, 0.2) is 59.1 Å². The highest BCUT2D eigenvalue weighted by atomic mass is 16.5. The first-order chi connectivity index (χ1) is 13.7. The summed E-state index contributed by atoms with van der Waals surface area (Å²) in [6.07, 6.45) is 0. The average molecular weight is 382 g/mol. The van der Waals surface area contributed by atoms with Crippen LogP contribution in [-0.4, -0.2) is 31.4 Å². The van der Waals surface area contributed by atoms with Crippen LogP contribution in [-0.2, 0) is 11.3 Å². The number of ether oxygens (including phenoxy) is 3. The van der Waals surface area contributed by atoms with E-state index in [9.17, 15) is 4.79 Å². The second kappa shape index (κ2) is 9.45. The lowest BCUT2D eigenvalue weighted by Crippen LogP contribution is -2.28. The number of methoxy groups -OCH3 is 1. The van der Waals surface area contributed by atoms with Gasteiger partial charge in [-0.3, -0.25) is 4.79 Å². The van der Waals surface area contributed by atoms with Crippen molar-refractivity contribution in [2.24, 2.45) is 0 Å². The lowest BCUT2D eigenvalue weighted by Gasteiger charge is -2.07. The Labute approximate surface area is 163 Å². The van der Waals surface area contributed by atoms with Crippen molar-refractivity contribution < 1.29 is 23.5 Å². The van der Waals surface area contributed by atoms with Gasteiger partial charge >= 0.3 is 0 Å². The predicted molar refractivity (Wildman–Crippen MR) is 103 cm³/mol. The Bertz CT molecular complexity index is 888. The number of nitrogens with zero attached hydrogens (tertiary/aromatic N) is 1. The number of hydrogen-bond donors (Lipinski definition) is 1. The minimum absolute atomic E-state index is 0.0861. The number of amides is 1.